The van der Waals surface area contributed by atoms with Crippen molar-refractivity contribution in [3.63, 3.8) is 0 Å². The first-order valence-corrected chi connectivity index (χ1v) is 8.99. The number of hydrogen-bond donors (Lipinski definition) is 1. The molecule has 0 radical (unpaired) electrons. The molecular weight excluding hydrogens is 382 g/mol. The van der Waals surface area contributed by atoms with E-state index in [1.165, 1.54) is 0 Å². The van der Waals surface area contributed by atoms with Gasteiger partial charge in [0, 0.05) is 25.5 Å². The van der Waals surface area contributed by atoms with Gasteiger partial charge >= 0.3 is 0 Å². The van der Waals surface area contributed by atoms with Gasteiger partial charge in [0.2, 0.25) is 0 Å². The van der Waals surface area contributed by atoms with Gasteiger partial charge in [-0.15, -0.1) is 0 Å². The molecule has 0 unspecified atom stereocenters. The summed E-state index contributed by atoms with van der Waals surface area (Å²) in [5.41, 5.74) is 0. The molecule has 0 saturated heterocycles. The van der Waals surface area contributed by atoms with Gasteiger partial charge in [0.1, 0.15) is 11.6 Å². The number of carbonyl (C=O) groups is 1. The third-order valence-corrected chi connectivity index (χ3v) is 4.83. The molecule has 6 heteroatoms. The molecule has 130 valence electrons. The fourth-order valence-electron chi connectivity index (χ4n) is 2.64. The molecule has 5 nitrogen and oxygen atoms in total. The van der Waals surface area contributed by atoms with Crippen LogP contribution in [-0.2, 0) is 11.3 Å². The van der Waals surface area contributed by atoms with Crippen LogP contribution in [0.5, 0.6) is 5.75 Å². The molecule has 1 amide bonds. The number of hydrogen-bond acceptors (Lipinski definition) is 3. The van der Waals surface area contributed by atoms with Gasteiger partial charge in [-0.3, -0.25) is 4.79 Å². The molecule has 0 bridgehead atoms. The topological polar surface area (TPSA) is 56.2 Å². The lowest BCUT2D eigenvalue weighted by atomic mass is 10.1. The van der Waals surface area contributed by atoms with Gasteiger partial charge in [0.15, 0.2) is 6.61 Å². The van der Waals surface area contributed by atoms with Gasteiger partial charge in [-0.25, -0.2) is 4.98 Å². The van der Waals surface area contributed by atoms with Crippen LogP contribution in [0.2, 0.25) is 0 Å². The molecule has 0 atom stereocenters. The molecule has 1 aromatic heterocycles. The van der Waals surface area contributed by atoms with Crippen molar-refractivity contribution >= 4 is 32.6 Å². The van der Waals surface area contributed by atoms with Crippen molar-refractivity contribution in [3.05, 3.63) is 59.1 Å². The Morgan fingerprint density at radius 3 is 2.92 bits per heavy atom. The lowest BCUT2D eigenvalue weighted by Gasteiger charge is -2.11. The SMILES string of the molecule is Cc1nccn1CCCNC(=O)COc1ccc2ccccc2c1Br. The Kier molecular flexibility index (Phi) is 5.71. The van der Waals surface area contributed by atoms with E-state index in [-0.39, 0.29) is 12.5 Å². The van der Waals surface area contributed by atoms with Gasteiger partial charge in [-0.2, -0.15) is 0 Å². The molecule has 0 saturated carbocycles. The Morgan fingerprint density at radius 1 is 1.28 bits per heavy atom. The van der Waals surface area contributed by atoms with E-state index in [2.05, 4.69) is 30.8 Å². The van der Waals surface area contributed by atoms with Crippen LogP contribution in [0, 0.1) is 6.92 Å². The first-order chi connectivity index (χ1) is 12.1. The highest BCUT2D eigenvalue weighted by molar-refractivity contribution is 9.10. The van der Waals surface area contributed by atoms with Crippen LogP contribution in [0.1, 0.15) is 12.2 Å². The highest BCUT2D eigenvalue weighted by Crippen LogP contribution is 2.32. The second kappa shape index (κ2) is 8.16. The van der Waals surface area contributed by atoms with Crippen LogP contribution in [-0.4, -0.2) is 28.6 Å². The second-order valence-electron chi connectivity index (χ2n) is 5.76. The number of fused-ring (bicyclic) bond motifs is 1. The Balaban J connectivity index is 1.46. The number of imidazole rings is 1. The summed E-state index contributed by atoms with van der Waals surface area (Å²) in [5, 5.41) is 5.07. The summed E-state index contributed by atoms with van der Waals surface area (Å²) >= 11 is 3.56. The number of nitrogens with one attached hydrogen (secondary N) is 1. The Labute approximate surface area is 155 Å². The number of halogens is 1. The summed E-state index contributed by atoms with van der Waals surface area (Å²) in [7, 11) is 0. The van der Waals surface area contributed by atoms with Crippen molar-refractivity contribution in [1.29, 1.82) is 0 Å². The van der Waals surface area contributed by atoms with E-state index in [9.17, 15) is 4.79 Å². The van der Waals surface area contributed by atoms with E-state index in [4.69, 9.17) is 4.74 Å². The number of carbonyl (C=O) groups excluding carboxylic acids is 1. The van der Waals surface area contributed by atoms with E-state index in [0.29, 0.717) is 12.3 Å². The molecule has 0 aliphatic heterocycles. The number of benzene rings is 2. The van der Waals surface area contributed by atoms with E-state index < -0.39 is 0 Å². The second-order valence-corrected chi connectivity index (χ2v) is 6.55. The fraction of sp³-hybridized carbons (Fsp3) is 0.263. The van der Waals surface area contributed by atoms with Crippen LogP contribution < -0.4 is 10.1 Å². The van der Waals surface area contributed by atoms with Crippen LogP contribution in [0.25, 0.3) is 10.8 Å². The minimum atomic E-state index is -0.123. The van der Waals surface area contributed by atoms with Crippen LogP contribution in [0.4, 0.5) is 0 Å². The summed E-state index contributed by atoms with van der Waals surface area (Å²) < 4.78 is 8.59. The Morgan fingerprint density at radius 2 is 2.12 bits per heavy atom. The van der Waals surface area contributed by atoms with E-state index in [0.717, 1.165) is 34.0 Å². The molecular formula is C19H20BrN3O2. The quantitative estimate of drug-likeness (QED) is 0.614. The minimum Gasteiger partial charge on any atom is -0.483 e. The summed E-state index contributed by atoms with van der Waals surface area (Å²) in [4.78, 5) is 16.1. The first kappa shape index (κ1) is 17.5. The Bertz CT molecular complexity index is 876. The van der Waals surface area contributed by atoms with Crippen molar-refractivity contribution in [2.75, 3.05) is 13.2 Å². The average molecular weight is 402 g/mol. The van der Waals surface area contributed by atoms with Gasteiger partial charge in [-0.05, 0) is 46.1 Å². The van der Waals surface area contributed by atoms with Crippen molar-refractivity contribution in [3.8, 4) is 5.75 Å². The van der Waals surface area contributed by atoms with E-state index in [1.54, 1.807) is 6.20 Å². The fourth-order valence-corrected chi connectivity index (χ4v) is 3.24. The summed E-state index contributed by atoms with van der Waals surface area (Å²) in [6, 6.07) is 11.9. The molecule has 2 aromatic carbocycles. The van der Waals surface area contributed by atoms with Crippen LogP contribution in [0.3, 0.4) is 0 Å². The maximum Gasteiger partial charge on any atom is 0.257 e. The molecule has 0 aliphatic carbocycles. The summed E-state index contributed by atoms with van der Waals surface area (Å²) in [6.45, 7) is 3.41. The van der Waals surface area contributed by atoms with Crippen molar-refractivity contribution < 1.29 is 9.53 Å². The van der Waals surface area contributed by atoms with E-state index in [1.807, 2.05) is 49.5 Å². The lowest BCUT2D eigenvalue weighted by Crippen LogP contribution is -2.30. The standard InChI is InChI=1S/C19H20BrN3O2/c1-14-21-10-12-23(14)11-4-9-22-18(24)13-25-17-8-7-15-5-2-3-6-16(15)19(17)20/h2-3,5-8,10,12H,4,9,11,13H2,1H3,(H,22,24). The van der Waals surface area contributed by atoms with E-state index >= 15 is 0 Å². The predicted molar refractivity (Wildman–Crippen MR) is 102 cm³/mol. The third-order valence-electron chi connectivity index (χ3n) is 4.01. The lowest BCUT2D eigenvalue weighted by molar-refractivity contribution is -0.123. The number of ether oxygens (including phenoxy) is 1. The maximum atomic E-state index is 11.9. The molecule has 0 aliphatic rings. The normalized spacial score (nSPS) is 10.8. The molecule has 0 spiro atoms. The summed E-state index contributed by atoms with van der Waals surface area (Å²) in [5.74, 6) is 1.53. The molecule has 1 N–H and O–H groups in total. The van der Waals surface area contributed by atoms with Gasteiger partial charge in [0.25, 0.3) is 5.91 Å². The number of aromatic nitrogens is 2. The molecule has 25 heavy (non-hydrogen) atoms. The number of nitrogens with zero attached hydrogens (tertiary/aromatic N) is 2. The van der Waals surface area contributed by atoms with Crippen LogP contribution >= 0.6 is 15.9 Å². The van der Waals surface area contributed by atoms with Crippen molar-refractivity contribution in [1.82, 2.24) is 14.9 Å². The smallest absolute Gasteiger partial charge is 0.257 e. The molecule has 0 fully saturated rings. The molecule has 3 aromatic rings. The highest BCUT2D eigenvalue weighted by Gasteiger charge is 2.08. The van der Waals surface area contributed by atoms with Crippen LogP contribution in [0.15, 0.2) is 53.3 Å². The Hall–Kier alpha value is -2.34. The first-order valence-electron chi connectivity index (χ1n) is 8.19. The van der Waals surface area contributed by atoms with Gasteiger partial charge < -0.3 is 14.6 Å². The number of aryl methyl sites for hydroxylation is 2. The average Bonchev–Trinajstić information content (AvgIpc) is 3.03. The number of rotatable bonds is 7. The predicted octanol–water partition coefficient (Wildman–Crippen LogP) is 3.69. The maximum absolute atomic E-state index is 11.9. The third kappa shape index (κ3) is 4.39. The number of amides is 1. The van der Waals surface area contributed by atoms with Crippen molar-refractivity contribution in [2.24, 2.45) is 0 Å². The minimum absolute atomic E-state index is 0.00104. The molecule has 1 heterocycles. The zero-order chi connectivity index (χ0) is 17.6. The monoisotopic (exact) mass is 401 g/mol. The van der Waals surface area contributed by atoms with Gasteiger partial charge in [0.05, 0.1) is 4.47 Å². The molecule has 3 rings (SSSR count). The summed E-state index contributed by atoms with van der Waals surface area (Å²) in [6.07, 6.45) is 4.57. The zero-order valence-corrected chi connectivity index (χ0v) is 15.6. The van der Waals surface area contributed by atoms with Crippen molar-refractivity contribution in [2.45, 2.75) is 19.9 Å². The highest BCUT2D eigenvalue weighted by atomic mass is 79.9. The zero-order valence-electron chi connectivity index (χ0n) is 14.0. The largest absolute Gasteiger partial charge is 0.483 e. The van der Waals surface area contributed by atoms with Gasteiger partial charge in [-0.1, -0.05) is 30.3 Å².